The van der Waals surface area contributed by atoms with Crippen LogP contribution in [0.15, 0.2) is 23.1 Å². The van der Waals surface area contributed by atoms with E-state index in [1.807, 2.05) is 13.0 Å². The van der Waals surface area contributed by atoms with Crippen molar-refractivity contribution in [1.29, 1.82) is 0 Å². The Morgan fingerprint density at radius 2 is 1.81 bits per heavy atom. The van der Waals surface area contributed by atoms with Crippen molar-refractivity contribution >= 4 is 15.7 Å². The Morgan fingerprint density at radius 3 is 2.38 bits per heavy atom. The van der Waals surface area contributed by atoms with Crippen molar-refractivity contribution in [1.82, 2.24) is 9.21 Å². The molecule has 0 unspecified atom stereocenters. The van der Waals surface area contributed by atoms with Gasteiger partial charge >= 0.3 is 0 Å². The number of nitrogens with two attached hydrogens (primary N) is 1. The molecule has 6 heteroatoms. The standard InChI is InChI=1S/C15H25N3O2S/c1-3-7-17-8-10-18(11-9-17)21(19,20)15-12-14(16)6-5-13(15)4-2/h5-6,12H,3-4,7-11,16H2,1-2H3. The molecule has 0 amide bonds. The lowest BCUT2D eigenvalue weighted by Gasteiger charge is -2.34. The molecule has 0 aromatic heterocycles. The lowest BCUT2D eigenvalue weighted by Crippen LogP contribution is -2.48. The van der Waals surface area contributed by atoms with Crippen LogP contribution in [0, 0.1) is 0 Å². The van der Waals surface area contributed by atoms with Gasteiger partial charge in [-0.25, -0.2) is 8.42 Å². The molecule has 21 heavy (non-hydrogen) atoms. The van der Waals surface area contributed by atoms with Crippen LogP contribution in [0.2, 0.25) is 0 Å². The highest BCUT2D eigenvalue weighted by molar-refractivity contribution is 7.89. The third-order valence-electron chi connectivity index (χ3n) is 3.96. The first kappa shape index (κ1) is 16.3. The zero-order valence-electron chi connectivity index (χ0n) is 12.9. The molecular formula is C15H25N3O2S. The molecule has 2 rings (SSSR count). The number of sulfonamides is 1. The van der Waals surface area contributed by atoms with Crippen LogP contribution >= 0.6 is 0 Å². The van der Waals surface area contributed by atoms with E-state index >= 15 is 0 Å². The number of piperazine rings is 1. The molecule has 2 N–H and O–H groups in total. The fraction of sp³-hybridized carbons (Fsp3) is 0.600. The van der Waals surface area contributed by atoms with Crippen LogP contribution in [0.3, 0.4) is 0 Å². The van der Waals surface area contributed by atoms with Crippen molar-refractivity contribution in [2.75, 3.05) is 38.5 Å². The number of nitrogens with zero attached hydrogens (tertiary/aromatic N) is 2. The van der Waals surface area contributed by atoms with E-state index in [1.165, 1.54) is 0 Å². The van der Waals surface area contributed by atoms with Gasteiger partial charge in [-0.05, 0) is 37.1 Å². The maximum Gasteiger partial charge on any atom is 0.243 e. The number of anilines is 1. The molecule has 1 aliphatic heterocycles. The third-order valence-corrected chi connectivity index (χ3v) is 5.94. The van der Waals surface area contributed by atoms with Gasteiger partial charge in [0.05, 0.1) is 4.90 Å². The second kappa shape index (κ2) is 6.77. The second-order valence-corrected chi connectivity index (χ2v) is 7.37. The minimum absolute atomic E-state index is 0.369. The van der Waals surface area contributed by atoms with Crippen LogP contribution in [0.4, 0.5) is 5.69 Å². The van der Waals surface area contributed by atoms with E-state index in [1.54, 1.807) is 16.4 Å². The molecule has 0 bridgehead atoms. The molecule has 1 heterocycles. The van der Waals surface area contributed by atoms with Gasteiger partial charge in [0, 0.05) is 31.9 Å². The van der Waals surface area contributed by atoms with Crippen molar-refractivity contribution in [3.63, 3.8) is 0 Å². The van der Waals surface area contributed by atoms with Crippen LogP contribution in [0.25, 0.3) is 0 Å². The highest BCUT2D eigenvalue weighted by Gasteiger charge is 2.29. The summed E-state index contributed by atoms with van der Waals surface area (Å²) in [5, 5.41) is 0. The summed E-state index contributed by atoms with van der Waals surface area (Å²) in [6, 6.07) is 5.17. The molecule has 1 aliphatic rings. The van der Waals surface area contributed by atoms with Crippen LogP contribution in [0.5, 0.6) is 0 Å². The molecule has 5 nitrogen and oxygen atoms in total. The molecule has 118 valence electrons. The summed E-state index contributed by atoms with van der Waals surface area (Å²) in [6.45, 7) is 7.85. The number of hydrogen-bond donors (Lipinski definition) is 1. The van der Waals surface area contributed by atoms with Gasteiger partial charge < -0.3 is 10.6 Å². The van der Waals surface area contributed by atoms with Gasteiger partial charge in [0.2, 0.25) is 10.0 Å². The summed E-state index contributed by atoms with van der Waals surface area (Å²) >= 11 is 0. The third kappa shape index (κ3) is 3.56. The second-order valence-electron chi connectivity index (χ2n) is 5.47. The summed E-state index contributed by atoms with van der Waals surface area (Å²) in [7, 11) is -3.44. The number of benzene rings is 1. The summed E-state index contributed by atoms with van der Waals surface area (Å²) in [6.07, 6.45) is 1.78. The zero-order chi connectivity index (χ0) is 15.5. The van der Waals surface area contributed by atoms with Gasteiger partial charge in [0.25, 0.3) is 0 Å². The lowest BCUT2D eigenvalue weighted by atomic mass is 10.1. The van der Waals surface area contributed by atoms with Gasteiger partial charge in [-0.3, -0.25) is 0 Å². The Bertz CT molecular complexity index is 579. The van der Waals surface area contributed by atoms with Crippen molar-refractivity contribution in [3.8, 4) is 0 Å². The minimum Gasteiger partial charge on any atom is -0.399 e. The predicted octanol–water partition coefficient (Wildman–Crippen LogP) is 1.55. The van der Waals surface area contributed by atoms with E-state index in [0.717, 1.165) is 31.6 Å². The van der Waals surface area contributed by atoms with Gasteiger partial charge in [-0.2, -0.15) is 4.31 Å². The molecule has 1 saturated heterocycles. The summed E-state index contributed by atoms with van der Waals surface area (Å²) < 4.78 is 27.3. The maximum absolute atomic E-state index is 12.8. The van der Waals surface area contributed by atoms with E-state index < -0.39 is 10.0 Å². The van der Waals surface area contributed by atoms with E-state index in [-0.39, 0.29) is 0 Å². The largest absolute Gasteiger partial charge is 0.399 e. The van der Waals surface area contributed by atoms with Gasteiger partial charge in [0.15, 0.2) is 0 Å². The predicted molar refractivity (Wildman–Crippen MR) is 85.7 cm³/mol. The topological polar surface area (TPSA) is 66.6 Å². The van der Waals surface area contributed by atoms with Gasteiger partial charge in [0.1, 0.15) is 0 Å². The highest BCUT2D eigenvalue weighted by Crippen LogP contribution is 2.24. The number of nitrogen functional groups attached to an aromatic ring is 1. The first-order valence-corrected chi connectivity index (χ1v) is 9.04. The lowest BCUT2D eigenvalue weighted by molar-refractivity contribution is 0.188. The molecule has 0 radical (unpaired) electrons. The number of rotatable bonds is 5. The molecule has 0 aliphatic carbocycles. The monoisotopic (exact) mass is 311 g/mol. The van der Waals surface area contributed by atoms with Crippen molar-refractivity contribution < 1.29 is 8.42 Å². The van der Waals surface area contributed by atoms with Crippen LogP contribution in [0.1, 0.15) is 25.8 Å². The van der Waals surface area contributed by atoms with Crippen molar-refractivity contribution in [3.05, 3.63) is 23.8 Å². The first-order valence-electron chi connectivity index (χ1n) is 7.60. The smallest absolute Gasteiger partial charge is 0.243 e. The van der Waals surface area contributed by atoms with Gasteiger partial charge in [-0.1, -0.05) is 19.9 Å². The fourth-order valence-corrected chi connectivity index (χ4v) is 4.50. The molecule has 1 fully saturated rings. The Kier molecular flexibility index (Phi) is 5.24. The Balaban J connectivity index is 2.21. The molecule has 0 atom stereocenters. The average Bonchev–Trinajstić information content (AvgIpc) is 2.48. The van der Waals surface area contributed by atoms with E-state index in [9.17, 15) is 8.42 Å². The first-order chi connectivity index (χ1) is 9.98. The average molecular weight is 311 g/mol. The molecular weight excluding hydrogens is 286 g/mol. The zero-order valence-corrected chi connectivity index (χ0v) is 13.7. The molecule has 1 aromatic carbocycles. The normalized spacial score (nSPS) is 18.0. The van der Waals surface area contributed by atoms with Gasteiger partial charge in [-0.15, -0.1) is 0 Å². The Morgan fingerprint density at radius 1 is 1.14 bits per heavy atom. The fourth-order valence-electron chi connectivity index (χ4n) is 2.75. The number of hydrogen-bond acceptors (Lipinski definition) is 4. The summed E-state index contributed by atoms with van der Waals surface area (Å²) in [4.78, 5) is 2.68. The highest BCUT2D eigenvalue weighted by atomic mass is 32.2. The van der Waals surface area contributed by atoms with E-state index in [4.69, 9.17) is 5.73 Å². The van der Waals surface area contributed by atoms with E-state index in [2.05, 4.69) is 11.8 Å². The maximum atomic E-state index is 12.8. The van der Waals surface area contributed by atoms with Crippen LogP contribution in [-0.4, -0.2) is 50.3 Å². The molecule has 0 saturated carbocycles. The molecule has 1 aromatic rings. The Labute approximate surface area is 127 Å². The summed E-state index contributed by atoms with van der Waals surface area (Å²) in [5.41, 5.74) is 7.11. The SMILES string of the molecule is CCCN1CCN(S(=O)(=O)c2cc(N)ccc2CC)CC1. The van der Waals surface area contributed by atoms with Crippen LogP contribution < -0.4 is 5.73 Å². The van der Waals surface area contributed by atoms with Crippen molar-refractivity contribution in [2.45, 2.75) is 31.6 Å². The molecule has 0 spiro atoms. The number of aryl methyl sites for hydroxylation is 1. The minimum atomic E-state index is -3.44. The summed E-state index contributed by atoms with van der Waals surface area (Å²) in [5.74, 6) is 0. The quantitative estimate of drug-likeness (QED) is 0.838. The van der Waals surface area contributed by atoms with Crippen molar-refractivity contribution in [2.24, 2.45) is 0 Å². The Hall–Kier alpha value is -1.11. The van der Waals surface area contributed by atoms with Crippen LogP contribution in [-0.2, 0) is 16.4 Å². The van der Waals surface area contributed by atoms with E-state index in [0.29, 0.717) is 30.1 Å².